The van der Waals surface area contributed by atoms with Gasteiger partial charge in [0.25, 0.3) is 0 Å². The fourth-order valence-corrected chi connectivity index (χ4v) is 5.12. The van der Waals surface area contributed by atoms with Gasteiger partial charge in [-0.05, 0) is 90.7 Å². The Morgan fingerprint density at radius 2 is 1.80 bits per heavy atom. The van der Waals surface area contributed by atoms with Gasteiger partial charge in [0.2, 0.25) is 0 Å². The Bertz CT molecular complexity index is 1100. The maximum absolute atomic E-state index is 9.92. The number of nitrogens with one attached hydrogen (secondary N) is 1. The minimum Gasteiger partial charge on any atom is -0.508 e. The van der Waals surface area contributed by atoms with Crippen molar-refractivity contribution in [3.8, 4) is 11.5 Å². The Morgan fingerprint density at radius 3 is 2.54 bits per heavy atom. The number of hydrogen-bond donors (Lipinski definition) is 3. The molecule has 0 heterocycles. The number of likely N-dealkylation sites (N-methyl/N-ethyl adjacent to an activating group) is 1. The number of ether oxygens (including phenoxy) is 1. The van der Waals surface area contributed by atoms with Crippen molar-refractivity contribution in [2.24, 2.45) is 0 Å². The lowest BCUT2D eigenvalue weighted by atomic mass is 9.79. The molecule has 186 valence electrons. The number of nitrogens with zero attached hydrogens (tertiary/aromatic N) is 1. The fourth-order valence-electron chi connectivity index (χ4n) is 5.12. The highest BCUT2D eigenvalue weighted by Gasteiger charge is 2.25. The number of aliphatic hydroxyl groups is 1. The lowest BCUT2D eigenvalue weighted by Crippen LogP contribution is -2.28. The van der Waals surface area contributed by atoms with Gasteiger partial charge in [0, 0.05) is 24.8 Å². The van der Waals surface area contributed by atoms with Crippen molar-refractivity contribution in [2.45, 2.75) is 45.1 Å². The molecule has 3 aromatic rings. The van der Waals surface area contributed by atoms with Crippen LogP contribution in [-0.2, 0) is 25.8 Å². The molecule has 1 aliphatic carbocycles. The van der Waals surface area contributed by atoms with E-state index in [4.69, 9.17) is 4.74 Å². The first-order chi connectivity index (χ1) is 17.1. The third-order valence-electron chi connectivity index (χ3n) is 7.04. The molecule has 1 atom stereocenters. The molecule has 0 radical (unpaired) electrons. The standard InChI is InChI=1S/C30H38N2O3/c1-3-31-15-14-22-4-6-23(7-5-22)21-32(16-17-33)30-20-28(35-2)12-13-29(30)26-9-8-25-19-27(34)11-10-24(25)18-26/h4-7,10-13,19-20,26,31,33-34H,3,8-9,14-18,21H2,1-2H3. The van der Waals surface area contributed by atoms with Crippen LogP contribution in [0.5, 0.6) is 11.5 Å². The third kappa shape index (κ3) is 6.36. The van der Waals surface area contributed by atoms with E-state index in [1.165, 1.54) is 27.8 Å². The Kier molecular flexibility index (Phi) is 8.67. The van der Waals surface area contributed by atoms with Gasteiger partial charge in [-0.1, -0.05) is 43.3 Å². The highest BCUT2D eigenvalue weighted by atomic mass is 16.5. The molecule has 0 aromatic heterocycles. The van der Waals surface area contributed by atoms with Gasteiger partial charge in [-0.2, -0.15) is 0 Å². The quantitative estimate of drug-likeness (QED) is 0.348. The van der Waals surface area contributed by atoms with Gasteiger partial charge in [-0.15, -0.1) is 0 Å². The van der Waals surface area contributed by atoms with E-state index >= 15 is 0 Å². The molecule has 0 fully saturated rings. The Balaban J connectivity index is 1.58. The van der Waals surface area contributed by atoms with E-state index in [-0.39, 0.29) is 6.61 Å². The second kappa shape index (κ2) is 12.1. The van der Waals surface area contributed by atoms with Crippen LogP contribution >= 0.6 is 0 Å². The zero-order chi connectivity index (χ0) is 24.6. The normalized spacial score (nSPS) is 15.0. The number of benzene rings is 3. The second-order valence-electron chi connectivity index (χ2n) is 9.38. The number of aliphatic hydroxyl groups excluding tert-OH is 1. The molecule has 3 N–H and O–H groups in total. The van der Waals surface area contributed by atoms with Gasteiger partial charge in [0.15, 0.2) is 0 Å². The van der Waals surface area contributed by atoms with Crippen LogP contribution in [0.2, 0.25) is 0 Å². The molecule has 4 rings (SSSR count). The van der Waals surface area contributed by atoms with Crippen molar-refractivity contribution in [3.05, 3.63) is 88.5 Å². The molecular weight excluding hydrogens is 436 g/mol. The van der Waals surface area contributed by atoms with Crippen molar-refractivity contribution in [2.75, 3.05) is 38.3 Å². The topological polar surface area (TPSA) is 65.0 Å². The fraction of sp³-hybridized carbons (Fsp3) is 0.400. The zero-order valence-electron chi connectivity index (χ0n) is 21.0. The predicted molar refractivity (Wildman–Crippen MR) is 143 cm³/mol. The van der Waals surface area contributed by atoms with Gasteiger partial charge >= 0.3 is 0 Å². The van der Waals surface area contributed by atoms with Crippen LogP contribution in [0, 0.1) is 0 Å². The van der Waals surface area contributed by atoms with Gasteiger partial charge in [0.1, 0.15) is 11.5 Å². The summed E-state index contributed by atoms with van der Waals surface area (Å²) in [6.45, 7) is 5.48. The number of fused-ring (bicyclic) bond motifs is 1. The van der Waals surface area contributed by atoms with E-state index in [1.807, 2.05) is 12.1 Å². The number of aromatic hydroxyl groups is 1. The van der Waals surface area contributed by atoms with E-state index in [0.717, 1.165) is 56.8 Å². The molecule has 1 aliphatic rings. The summed E-state index contributed by atoms with van der Waals surface area (Å²) < 4.78 is 5.58. The first-order valence-corrected chi connectivity index (χ1v) is 12.7. The number of aryl methyl sites for hydroxylation is 1. The number of rotatable bonds is 11. The van der Waals surface area contributed by atoms with Crippen LogP contribution in [0.3, 0.4) is 0 Å². The van der Waals surface area contributed by atoms with E-state index < -0.39 is 0 Å². The van der Waals surface area contributed by atoms with Gasteiger partial charge < -0.3 is 25.2 Å². The Hall–Kier alpha value is -3.02. The zero-order valence-corrected chi connectivity index (χ0v) is 21.0. The van der Waals surface area contributed by atoms with Gasteiger partial charge in [0.05, 0.1) is 13.7 Å². The van der Waals surface area contributed by atoms with Crippen LogP contribution in [-0.4, -0.2) is 43.6 Å². The molecule has 3 aromatic carbocycles. The average Bonchev–Trinajstić information content (AvgIpc) is 2.89. The number of methoxy groups -OCH3 is 1. The van der Waals surface area contributed by atoms with Crippen molar-refractivity contribution in [3.63, 3.8) is 0 Å². The molecule has 0 saturated heterocycles. The monoisotopic (exact) mass is 474 g/mol. The Morgan fingerprint density at radius 1 is 1.00 bits per heavy atom. The number of hydrogen-bond acceptors (Lipinski definition) is 5. The highest BCUT2D eigenvalue weighted by molar-refractivity contribution is 5.60. The molecule has 0 amide bonds. The molecule has 0 spiro atoms. The first-order valence-electron chi connectivity index (χ1n) is 12.7. The van der Waals surface area contributed by atoms with Crippen molar-refractivity contribution in [1.29, 1.82) is 0 Å². The van der Waals surface area contributed by atoms with E-state index in [1.54, 1.807) is 13.2 Å². The van der Waals surface area contributed by atoms with Crippen LogP contribution in [0.1, 0.15) is 47.1 Å². The third-order valence-corrected chi connectivity index (χ3v) is 7.04. The maximum Gasteiger partial charge on any atom is 0.120 e. The maximum atomic E-state index is 9.92. The van der Waals surface area contributed by atoms with Crippen LogP contribution in [0.4, 0.5) is 5.69 Å². The lowest BCUT2D eigenvalue weighted by Gasteiger charge is -2.32. The molecule has 0 bridgehead atoms. The summed E-state index contributed by atoms with van der Waals surface area (Å²) in [5.74, 6) is 1.54. The largest absolute Gasteiger partial charge is 0.508 e. The summed E-state index contributed by atoms with van der Waals surface area (Å²) in [6.07, 6.45) is 3.95. The summed E-state index contributed by atoms with van der Waals surface area (Å²) >= 11 is 0. The second-order valence-corrected chi connectivity index (χ2v) is 9.38. The summed E-state index contributed by atoms with van der Waals surface area (Å²) in [5.41, 5.74) is 7.53. The van der Waals surface area contributed by atoms with Crippen molar-refractivity contribution < 1.29 is 14.9 Å². The van der Waals surface area contributed by atoms with Crippen molar-refractivity contribution in [1.82, 2.24) is 5.32 Å². The summed E-state index contributed by atoms with van der Waals surface area (Å²) in [5, 5.41) is 23.2. The molecule has 1 unspecified atom stereocenters. The van der Waals surface area contributed by atoms with Crippen LogP contribution < -0.4 is 15.0 Å². The minimum atomic E-state index is 0.0875. The van der Waals surface area contributed by atoms with Crippen molar-refractivity contribution >= 4 is 5.69 Å². The summed E-state index contributed by atoms with van der Waals surface area (Å²) in [6, 6.07) is 20.9. The predicted octanol–water partition coefficient (Wildman–Crippen LogP) is 4.82. The molecule has 35 heavy (non-hydrogen) atoms. The number of phenols is 1. The SMILES string of the molecule is CCNCCc1ccc(CN(CCO)c2cc(OC)ccc2C2CCc3cc(O)ccc3C2)cc1. The molecular formula is C30H38N2O3. The lowest BCUT2D eigenvalue weighted by molar-refractivity contribution is 0.301. The number of anilines is 1. The smallest absolute Gasteiger partial charge is 0.120 e. The minimum absolute atomic E-state index is 0.0875. The van der Waals surface area contributed by atoms with Crippen LogP contribution in [0.25, 0.3) is 0 Å². The average molecular weight is 475 g/mol. The molecule has 0 saturated carbocycles. The first kappa shape index (κ1) is 25.1. The van der Waals surface area contributed by atoms with Gasteiger partial charge in [-0.3, -0.25) is 0 Å². The molecule has 0 aliphatic heterocycles. The van der Waals surface area contributed by atoms with E-state index in [0.29, 0.717) is 18.2 Å². The van der Waals surface area contributed by atoms with Crippen LogP contribution in [0.15, 0.2) is 60.7 Å². The Labute approximate surface area is 209 Å². The van der Waals surface area contributed by atoms with Gasteiger partial charge in [-0.25, -0.2) is 0 Å². The van der Waals surface area contributed by atoms with E-state index in [2.05, 4.69) is 59.6 Å². The summed E-state index contributed by atoms with van der Waals surface area (Å²) in [4.78, 5) is 2.28. The number of phenolic OH excluding ortho intramolecular Hbond substituents is 1. The molecule has 5 nitrogen and oxygen atoms in total. The highest BCUT2D eigenvalue weighted by Crippen LogP contribution is 2.40. The summed E-state index contributed by atoms with van der Waals surface area (Å²) in [7, 11) is 1.70. The van der Waals surface area contributed by atoms with E-state index in [9.17, 15) is 10.2 Å². The molecule has 5 heteroatoms.